The van der Waals surface area contributed by atoms with E-state index >= 15 is 0 Å². The Bertz CT molecular complexity index is 137. The predicted octanol–water partition coefficient (Wildman–Crippen LogP) is 2.40. The molecule has 0 radical (unpaired) electrons. The van der Waals surface area contributed by atoms with Crippen LogP contribution in [-0.4, -0.2) is 28.3 Å². The summed E-state index contributed by atoms with van der Waals surface area (Å²) >= 11 is 2.00. The summed E-state index contributed by atoms with van der Waals surface area (Å²) in [4.78, 5) is 0. The van der Waals surface area contributed by atoms with Crippen LogP contribution in [0.25, 0.3) is 0 Å². The molecule has 2 unspecified atom stereocenters. The van der Waals surface area contributed by atoms with Crippen LogP contribution in [0.5, 0.6) is 0 Å². The van der Waals surface area contributed by atoms with Crippen molar-refractivity contribution in [1.29, 1.82) is 0 Å². The number of hydrogen-bond donors (Lipinski definition) is 2. The largest absolute Gasteiger partial charge is 0.394 e. The van der Waals surface area contributed by atoms with E-state index in [9.17, 15) is 0 Å². The second kappa shape index (κ2) is 7.55. The second-order valence-electron chi connectivity index (χ2n) is 4.07. The second-order valence-corrected chi connectivity index (χ2v) is 5.61. The quantitative estimate of drug-likeness (QED) is 0.616. The predicted molar refractivity (Wildman–Crippen MR) is 65.7 cm³/mol. The minimum atomic E-state index is -0.337. The third-order valence-corrected chi connectivity index (χ3v) is 4.24. The van der Waals surface area contributed by atoms with Crippen LogP contribution in [0.4, 0.5) is 0 Å². The maximum atomic E-state index is 9.11. The molecule has 0 aromatic rings. The van der Waals surface area contributed by atoms with Crippen LogP contribution in [0.2, 0.25) is 0 Å². The lowest BCUT2D eigenvalue weighted by Gasteiger charge is -2.25. The minimum absolute atomic E-state index is 0.109. The van der Waals surface area contributed by atoms with E-state index in [1.54, 1.807) is 0 Å². The minimum Gasteiger partial charge on any atom is -0.394 e. The third-order valence-electron chi connectivity index (χ3n) is 2.82. The van der Waals surface area contributed by atoms with Crippen LogP contribution in [0.1, 0.15) is 46.5 Å². The van der Waals surface area contributed by atoms with Gasteiger partial charge in [0, 0.05) is 10.8 Å². The molecule has 0 saturated carbocycles. The highest BCUT2D eigenvalue weighted by Gasteiger charge is 2.20. The smallest absolute Gasteiger partial charge is 0.0611 e. The zero-order valence-corrected chi connectivity index (χ0v) is 10.6. The van der Waals surface area contributed by atoms with Gasteiger partial charge in [0.2, 0.25) is 0 Å². The molecular formula is C11H25NOS. The van der Waals surface area contributed by atoms with Gasteiger partial charge in [-0.2, -0.15) is 11.8 Å². The van der Waals surface area contributed by atoms with Crippen molar-refractivity contribution in [2.24, 2.45) is 5.73 Å². The van der Waals surface area contributed by atoms with E-state index in [4.69, 9.17) is 10.8 Å². The lowest BCUT2D eigenvalue weighted by Crippen LogP contribution is -2.42. The van der Waals surface area contributed by atoms with E-state index in [1.165, 1.54) is 6.42 Å². The molecule has 2 nitrogen and oxygen atoms in total. The van der Waals surface area contributed by atoms with Gasteiger partial charge in [-0.05, 0) is 31.4 Å². The fourth-order valence-corrected chi connectivity index (χ4v) is 2.14. The van der Waals surface area contributed by atoms with Crippen LogP contribution < -0.4 is 5.73 Å². The number of hydrogen-bond acceptors (Lipinski definition) is 3. The van der Waals surface area contributed by atoms with Crippen LogP contribution >= 0.6 is 11.8 Å². The summed E-state index contributed by atoms with van der Waals surface area (Å²) in [7, 11) is 0. The molecule has 0 rings (SSSR count). The highest BCUT2D eigenvalue weighted by molar-refractivity contribution is 7.99. The van der Waals surface area contributed by atoms with Gasteiger partial charge in [0.15, 0.2) is 0 Å². The molecule has 0 saturated heterocycles. The highest BCUT2D eigenvalue weighted by atomic mass is 32.2. The highest BCUT2D eigenvalue weighted by Crippen LogP contribution is 2.19. The molecule has 0 spiro atoms. The lowest BCUT2D eigenvalue weighted by atomic mass is 9.93. The molecule has 0 fully saturated rings. The number of thioether (sulfide) groups is 1. The average Bonchev–Trinajstić information content (AvgIpc) is 2.23. The molecule has 0 aromatic heterocycles. The summed E-state index contributed by atoms with van der Waals surface area (Å²) in [6.45, 7) is 6.62. The zero-order valence-electron chi connectivity index (χ0n) is 9.75. The van der Waals surface area contributed by atoms with Crippen LogP contribution in [0, 0.1) is 0 Å². The van der Waals surface area contributed by atoms with Gasteiger partial charge in [0.25, 0.3) is 0 Å². The fraction of sp³-hybridized carbons (Fsp3) is 1.00. The van der Waals surface area contributed by atoms with Crippen molar-refractivity contribution in [3.63, 3.8) is 0 Å². The molecule has 86 valence electrons. The van der Waals surface area contributed by atoms with Crippen LogP contribution in [0.15, 0.2) is 0 Å². The van der Waals surface area contributed by atoms with Crippen molar-refractivity contribution in [3.05, 3.63) is 0 Å². The Kier molecular flexibility index (Phi) is 7.69. The van der Waals surface area contributed by atoms with E-state index in [1.807, 2.05) is 18.7 Å². The Balaban J connectivity index is 3.52. The van der Waals surface area contributed by atoms with Gasteiger partial charge >= 0.3 is 0 Å². The average molecular weight is 219 g/mol. The van der Waals surface area contributed by atoms with Gasteiger partial charge in [-0.3, -0.25) is 0 Å². The maximum Gasteiger partial charge on any atom is 0.0611 e. The summed E-state index contributed by atoms with van der Waals surface area (Å²) in [5.41, 5.74) is 5.65. The molecule has 0 aliphatic rings. The first kappa shape index (κ1) is 14.3. The standard InChI is InChI=1S/C11H25NOS/c1-4-10(3)14-8-6-7-11(12,5-2)9-13/h10,13H,4-9,12H2,1-3H3. The molecule has 14 heavy (non-hydrogen) atoms. The number of aliphatic hydroxyl groups is 1. The Hall–Kier alpha value is 0.270. The van der Waals surface area contributed by atoms with Gasteiger partial charge < -0.3 is 10.8 Å². The summed E-state index contributed by atoms with van der Waals surface area (Å²) in [5, 5.41) is 9.86. The molecule has 0 aliphatic carbocycles. The Labute approximate surface area is 92.6 Å². The van der Waals surface area contributed by atoms with E-state index in [2.05, 4.69) is 13.8 Å². The molecule has 3 N–H and O–H groups in total. The molecule has 3 heteroatoms. The van der Waals surface area contributed by atoms with Gasteiger partial charge in [-0.1, -0.05) is 20.8 Å². The molecule has 0 amide bonds. The summed E-state index contributed by atoms with van der Waals surface area (Å²) in [5.74, 6) is 1.16. The van der Waals surface area contributed by atoms with Crippen molar-refractivity contribution < 1.29 is 5.11 Å². The van der Waals surface area contributed by atoms with Crippen LogP contribution in [-0.2, 0) is 0 Å². The van der Waals surface area contributed by atoms with Crippen molar-refractivity contribution in [3.8, 4) is 0 Å². The van der Waals surface area contributed by atoms with Crippen molar-refractivity contribution in [2.75, 3.05) is 12.4 Å². The normalized spacial score (nSPS) is 17.8. The first-order valence-electron chi connectivity index (χ1n) is 5.59. The molecular weight excluding hydrogens is 194 g/mol. The Morgan fingerprint density at radius 2 is 2.07 bits per heavy atom. The molecule has 0 bridgehead atoms. The zero-order chi connectivity index (χ0) is 11.0. The SMILES string of the molecule is CCC(C)SCCCC(N)(CC)CO. The molecule has 0 aromatic carbocycles. The van der Waals surface area contributed by atoms with E-state index < -0.39 is 0 Å². The molecule has 0 heterocycles. The topological polar surface area (TPSA) is 46.2 Å². The number of aliphatic hydroxyl groups excluding tert-OH is 1. The Morgan fingerprint density at radius 3 is 2.50 bits per heavy atom. The monoisotopic (exact) mass is 219 g/mol. The van der Waals surface area contributed by atoms with Gasteiger partial charge in [0.1, 0.15) is 0 Å². The fourth-order valence-electron chi connectivity index (χ4n) is 1.19. The number of rotatable bonds is 8. The first-order chi connectivity index (χ1) is 6.58. The summed E-state index contributed by atoms with van der Waals surface area (Å²) in [6, 6.07) is 0. The van der Waals surface area contributed by atoms with E-state index in [0.29, 0.717) is 0 Å². The summed E-state index contributed by atoms with van der Waals surface area (Å²) in [6.07, 6.45) is 4.13. The molecule has 2 atom stereocenters. The Morgan fingerprint density at radius 1 is 1.43 bits per heavy atom. The number of nitrogens with two attached hydrogens (primary N) is 1. The van der Waals surface area contributed by atoms with Gasteiger partial charge in [-0.15, -0.1) is 0 Å². The third kappa shape index (κ3) is 5.89. The van der Waals surface area contributed by atoms with Crippen molar-refractivity contribution in [1.82, 2.24) is 0 Å². The summed E-state index contributed by atoms with van der Waals surface area (Å²) < 4.78 is 0. The van der Waals surface area contributed by atoms with Crippen molar-refractivity contribution >= 4 is 11.8 Å². The molecule has 0 aliphatic heterocycles. The van der Waals surface area contributed by atoms with E-state index in [-0.39, 0.29) is 12.1 Å². The maximum absolute atomic E-state index is 9.11. The van der Waals surface area contributed by atoms with Crippen LogP contribution in [0.3, 0.4) is 0 Å². The lowest BCUT2D eigenvalue weighted by molar-refractivity contribution is 0.182. The van der Waals surface area contributed by atoms with Gasteiger partial charge in [0.05, 0.1) is 6.61 Å². The first-order valence-corrected chi connectivity index (χ1v) is 6.64. The van der Waals surface area contributed by atoms with E-state index in [0.717, 1.165) is 30.3 Å². The van der Waals surface area contributed by atoms with Gasteiger partial charge in [-0.25, -0.2) is 0 Å². The van der Waals surface area contributed by atoms with Crippen molar-refractivity contribution in [2.45, 2.75) is 57.2 Å².